The lowest BCUT2D eigenvalue weighted by Crippen LogP contribution is -2.26. The second-order valence-corrected chi connectivity index (χ2v) is 7.73. The number of aliphatic carboxylic acids is 1. The van der Waals surface area contributed by atoms with E-state index in [0.29, 0.717) is 6.42 Å². The maximum absolute atomic E-state index is 12.0. The Balaban J connectivity index is 2.00. The Morgan fingerprint density at radius 1 is 1.17 bits per heavy atom. The van der Waals surface area contributed by atoms with Crippen LogP contribution in [0.3, 0.4) is 0 Å². The SMILES string of the molecule is CC(C)(Cc1ccc(CNS(=O)(=O)c2ccoc2)cc1)C(=O)O. The van der Waals surface area contributed by atoms with Gasteiger partial charge in [-0.3, -0.25) is 4.79 Å². The first kappa shape index (κ1) is 17.2. The van der Waals surface area contributed by atoms with Crippen molar-refractivity contribution in [2.24, 2.45) is 5.41 Å². The normalized spacial score (nSPS) is 12.3. The van der Waals surface area contributed by atoms with E-state index in [4.69, 9.17) is 9.52 Å². The first-order valence-electron chi connectivity index (χ1n) is 7.04. The summed E-state index contributed by atoms with van der Waals surface area (Å²) in [5.41, 5.74) is 0.831. The highest BCUT2D eigenvalue weighted by Gasteiger charge is 2.27. The van der Waals surface area contributed by atoms with Crippen molar-refractivity contribution < 1.29 is 22.7 Å². The molecule has 0 saturated heterocycles. The summed E-state index contributed by atoms with van der Waals surface area (Å²) in [5.74, 6) is -0.852. The molecule has 0 bridgehead atoms. The average molecular weight is 337 g/mol. The smallest absolute Gasteiger partial charge is 0.309 e. The van der Waals surface area contributed by atoms with Crippen molar-refractivity contribution in [3.8, 4) is 0 Å². The van der Waals surface area contributed by atoms with Crippen molar-refractivity contribution >= 4 is 16.0 Å². The van der Waals surface area contributed by atoms with Crippen molar-refractivity contribution in [1.29, 1.82) is 0 Å². The Kier molecular flexibility index (Phi) is 4.91. The Hall–Kier alpha value is -2.12. The lowest BCUT2D eigenvalue weighted by atomic mass is 9.86. The summed E-state index contributed by atoms with van der Waals surface area (Å²) in [7, 11) is -3.59. The highest BCUT2D eigenvalue weighted by Crippen LogP contribution is 2.22. The van der Waals surface area contributed by atoms with Gasteiger partial charge in [0, 0.05) is 6.54 Å². The number of benzene rings is 1. The first-order valence-corrected chi connectivity index (χ1v) is 8.52. The van der Waals surface area contributed by atoms with E-state index >= 15 is 0 Å². The zero-order valence-electron chi connectivity index (χ0n) is 12.9. The van der Waals surface area contributed by atoms with Crippen molar-refractivity contribution in [3.63, 3.8) is 0 Å². The molecule has 6 nitrogen and oxygen atoms in total. The van der Waals surface area contributed by atoms with Gasteiger partial charge in [-0.2, -0.15) is 0 Å². The van der Waals surface area contributed by atoms with Gasteiger partial charge in [0.1, 0.15) is 11.2 Å². The first-order chi connectivity index (χ1) is 10.7. The standard InChI is InChI=1S/C16H19NO5S/c1-16(2,15(18)19)9-12-3-5-13(6-4-12)10-17-23(20,21)14-7-8-22-11-14/h3-8,11,17H,9-10H2,1-2H3,(H,18,19). The summed E-state index contributed by atoms with van der Waals surface area (Å²) in [6, 6.07) is 8.56. The summed E-state index contributed by atoms with van der Waals surface area (Å²) < 4.78 is 31.2. The van der Waals surface area contributed by atoms with Crippen LogP contribution in [0.1, 0.15) is 25.0 Å². The zero-order chi connectivity index (χ0) is 17.1. The third kappa shape index (κ3) is 4.43. The van der Waals surface area contributed by atoms with Crippen LogP contribution in [0, 0.1) is 5.41 Å². The molecule has 1 heterocycles. The van der Waals surface area contributed by atoms with Gasteiger partial charge in [0.25, 0.3) is 0 Å². The summed E-state index contributed by atoms with van der Waals surface area (Å²) in [4.78, 5) is 11.2. The molecule has 0 spiro atoms. The van der Waals surface area contributed by atoms with Crippen LogP contribution in [0.5, 0.6) is 0 Å². The van der Waals surface area contributed by atoms with Crippen LogP contribution in [0.15, 0.2) is 52.2 Å². The predicted octanol–water partition coefficient (Wildman–Crippen LogP) is 2.41. The van der Waals surface area contributed by atoms with Gasteiger partial charge in [0.15, 0.2) is 0 Å². The van der Waals surface area contributed by atoms with Crippen molar-refractivity contribution in [1.82, 2.24) is 4.72 Å². The van der Waals surface area contributed by atoms with E-state index in [1.54, 1.807) is 26.0 Å². The van der Waals surface area contributed by atoms with Crippen molar-refractivity contribution in [2.75, 3.05) is 0 Å². The Bertz CT molecular complexity index is 761. The van der Waals surface area contributed by atoms with Crippen LogP contribution in [-0.4, -0.2) is 19.5 Å². The number of furan rings is 1. The summed E-state index contributed by atoms with van der Waals surface area (Å²) in [5, 5.41) is 9.14. The molecule has 1 aromatic carbocycles. The van der Waals surface area contributed by atoms with E-state index in [1.165, 1.54) is 18.6 Å². The molecule has 7 heteroatoms. The fourth-order valence-corrected chi connectivity index (χ4v) is 2.97. The number of carbonyl (C=O) groups is 1. The molecule has 0 atom stereocenters. The lowest BCUT2D eigenvalue weighted by Gasteiger charge is -2.19. The fourth-order valence-electron chi connectivity index (χ4n) is 2.03. The fraction of sp³-hybridized carbons (Fsp3) is 0.312. The highest BCUT2D eigenvalue weighted by molar-refractivity contribution is 7.89. The number of hydrogen-bond donors (Lipinski definition) is 2. The lowest BCUT2D eigenvalue weighted by molar-refractivity contribution is -0.146. The molecule has 2 aromatic rings. The minimum atomic E-state index is -3.59. The van der Waals surface area contributed by atoms with Crippen molar-refractivity contribution in [3.05, 3.63) is 54.0 Å². The summed E-state index contributed by atoms with van der Waals surface area (Å²) in [6.45, 7) is 3.49. The van der Waals surface area contributed by atoms with Gasteiger partial charge >= 0.3 is 5.97 Å². The third-order valence-corrected chi connectivity index (χ3v) is 4.90. The van der Waals surface area contributed by atoms with Crippen LogP contribution < -0.4 is 4.72 Å². The molecule has 0 saturated carbocycles. The van der Waals surface area contributed by atoms with Gasteiger partial charge in [-0.25, -0.2) is 13.1 Å². The Morgan fingerprint density at radius 2 is 1.78 bits per heavy atom. The number of rotatable bonds is 7. The van der Waals surface area contributed by atoms with Crippen LogP contribution in [0.4, 0.5) is 0 Å². The van der Waals surface area contributed by atoms with Gasteiger partial charge in [0.2, 0.25) is 10.0 Å². The van der Waals surface area contributed by atoms with Gasteiger partial charge < -0.3 is 9.52 Å². The van der Waals surface area contributed by atoms with Crippen LogP contribution in [-0.2, 0) is 27.8 Å². The topological polar surface area (TPSA) is 96.6 Å². The summed E-state index contributed by atoms with van der Waals surface area (Å²) in [6.07, 6.45) is 2.87. The molecule has 1 aromatic heterocycles. The second kappa shape index (κ2) is 6.55. The molecule has 23 heavy (non-hydrogen) atoms. The quantitative estimate of drug-likeness (QED) is 0.809. The van der Waals surface area contributed by atoms with Gasteiger partial charge in [0.05, 0.1) is 11.7 Å². The van der Waals surface area contributed by atoms with Gasteiger partial charge in [-0.05, 0) is 37.5 Å². The van der Waals surface area contributed by atoms with Crippen molar-refractivity contribution in [2.45, 2.75) is 31.7 Å². The Labute approximate surface area is 135 Å². The molecular weight excluding hydrogens is 318 g/mol. The number of sulfonamides is 1. The predicted molar refractivity (Wildman–Crippen MR) is 84.3 cm³/mol. The molecule has 0 aliphatic heterocycles. The van der Waals surface area contributed by atoms with E-state index in [9.17, 15) is 13.2 Å². The maximum atomic E-state index is 12.0. The number of nitrogens with one attached hydrogen (secondary N) is 1. The largest absolute Gasteiger partial charge is 0.481 e. The molecule has 0 aliphatic carbocycles. The molecule has 0 fully saturated rings. The number of carboxylic acid groups (broad SMARTS) is 1. The number of hydrogen-bond acceptors (Lipinski definition) is 4. The van der Waals surface area contributed by atoms with Gasteiger partial charge in [-0.1, -0.05) is 24.3 Å². The third-order valence-electron chi connectivity index (χ3n) is 3.52. The maximum Gasteiger partial charge on any atom is 0.309 e. The zero-order valence-corrected chi connectivity index (χ0v) is 13.8. The minimum Gasteiger partial charge on any atom is -0.481 e. The Morgan fingerprint density at radius 3 is 2.30 bits per heavy atom. The van der Waals surface area contributed by atoms with Crippen LogP contribution in [0.25, 0.3) is 0 Å². The van der Waals surface area contributed by atoms with E-state index in [0.717, 1.165) is 11.1 Å². The van der Waals surface area contributed by atoms with Crippen LogP contribution >= 0.6 is 0 Å². The number of carboxylic acids is 1. The van der Waals surface area contributed by atoms with Gasteiger partial charge in [-0.15, -0.1) is 0 Å². The summed E-state index contributed by atoms with van der Waals surface area (Å²) >= 11 is 0. The average Bonchev–Trinajstić information content (AvgIpc) is 3.01. The second-order valence-electron chi connectivity index (χ2n) is 5.97. The molecule has 124 valence electrons. The molecule has 0 aliphatic rings. The van der Waals surface area contributed by atoms with E-state index in [-0.39, 0.29) is 11.4 Å². The molecule has 2 N–H and O–H groups in total. The van der Waals surface area contributed by atoms with E-state index in [2.05, 4.69) is 4.72 Å². The van der Waals surface area contributed by atoms with E-state index < -0.39 is 21.4 Å². The monoisotopic (exact) mass is 337 g/mol. The van der Waals surface area contributed by atoms with E-state index in [1.807, 2.05) is 12.1 Å². The highest BCUT2D eigenvalue weighted by atomic mass is 32.2. The minimum absolute atomic E-state index is 0.0809. The molecular formula is C16H19NO5S. The molecule has 2 rings (SSSR count). The molecule has 0 radical (unpaired) electrons. The molecule has 0 amide bonds. The van der Waals surface area contributed by atoms with Crippen LogP contribution in [0.2, 0.25) is 0 Å². The molecule has 0 unspecified atom stereocenters.